The molecule has 0 fully saturated rings. The smallest absolute Gasteiger partial charge is 0.294 e. The zero-order valence-electron chi connectivity index (χ0n) is 89.5. The third-order valence-corrected chi connectivity index (χ3v) is 19.9. The minimum absolute atomic E-state index is 0.413. The van der Waals surface area contributed by atoms with Gasteiger partial charge in [0.25, 0.3) is 11.5 Å². The van der Waals surface area contributed by atoms with Crippen molar-refractivity contribution in [3.63, 3.8) is 0 Å². The second-order valence-electron chi connectivity index (χ2n) is 26.8. The van der Waals surface area contributed by atoms with Gasteiger partial charge in [-0.3, -0.25) is 0 Å². The first-order chi connectivity index (χ1) is 64.1. The molecule has 0 saturated carbocycles. The highest BCUT2D eigenvalue weighted by Gasteiger charge is 2.36. The lowest BCUT2D eigenvalue weighted by molar-refractivity contribution is -0.744. The summed E-state index contributed by atoms with van der Waals surface area (Å²) in [6.45, 7) is 71.1. The minimum Gasteiger partial charge on any atom is -0.359 e. The number of hydrogen-bond acceptors (Lipinski definition) is 3. The lowest BCUT2D eigenvalue weighted by atomic mass is 9.90. The molecule has 0 unspecified atom stereocenters. The molecule has 18 rings (SSSR count). The first-order valence-corrected chi connectivity index (χ1v) is 49.3. The Hall–Kier alpha value is -12.5. The first-order valence-electron chi connectivity index (χ1n) is 49.3. The van der Waals surface area contributed by atoms with E-state index >= 15 is 0 Å². The van der Waals surface area contributed by atoms with Crippen LogP contribution in [0.1, 0.15) is 240 Å². The van der Waals surface area contributed by atoms with Crippen LogP contribution >= 0.6 is 0 Å². The van der Waals surface area contributed by atoms with Gasteiger partial charge in [-0.05, 0) is 166 Å². The van der Waals surface area contributed by atoms with E-state index in [0.29, 0.717) is 6.17 Å². The number of rotatable bonds is 5. The highest BCUT2D eigenvalue weighted by Crippen LogP contribution is 2.46. The number of aromatic nitrogens is 6. The predicted octanol–water partition coefficient (Wildman–Crippen LogP) is 33.0. The number of hydrazone groups is 1. The van der Waals surface area contributed by atoms with Crippen molar-refractivity contribution in [1.82, 2.24) is 14.1 Å². The molecule has 8 heterocycles. The Kier molecular flexibility index (Phi) is 64.0. The van der Waals surface area contributed by atoms with E-state index in [4.69, 9.17) is 0 Å². The molecule has 0 saturated heterocycles. The number of anilines is 2. The average molecular weight is 1770 g/mol. The van der Waals surface area contributed by atoms with Gasteiger partial charge in [-0.2, -0.15) is 9.13 Å². The lowest BCUT2D eigenvalue weighted by Gasteiger charge is -2.28. The molecule has 0 spiro atoms. The van der Waals surface area contributed by atoms with Crippen LogP contribution in [0.15, 0.2) is 316 Å². The Morgan fingerprint density at radius 2 is 0.740 bits per heavy atom. The summed E-state index contributed by atoms with van der Waals surface area (Å²) in [5.74, 6) is 3.14. The van der Waals surface area contributed by atoms with Crippen LogP contribution in [0.3, 0.4) is 0 Å². The van der Waals surface area contributed by atoms with Crippen molar-refractivity contribution in [2.24, 2.45) is 28.2 Å². The quantitative estimate of drug-likeness (QED) is 0.127. The monoisotopic (exact) mass is 1770 g/mol. The van der Waals surface area contributed by atoms with E-state index in [9.17, 15) is 0 Å². The van der Waals surface area contributed by atoms with Gasteiger partial charge in [0.15, 0.2) is 32.2 Å². The summed E-state index contributed by atoms with van der Waals surface area (Å²) in [5.41, 5.74) is 29.7. The highest BCUT2D eigenvalue weighted by molar-refractivity contribution is 6.07. The van der Waals surface area contributed by atoms with E-state index in [1.807, 2.05) is 225 Å². The number of benzene rings is 10. The summed E-state index contributed by atoms with van der Waals surface area (Å²) in [5, 5.41) is 8.61. The van der Waals surface area contributed by atoms with Crippen molar-refractivity contribution >= 4 is 66.6 Å². The fourth-order valence-electron chi connectivity index (χ4n) is 14.2. The molecule has 0 aliphatic carbocycles. The summed E-state index contributed by atoms with van der Waals surface area (Å²) in [6.07, 6.45) is 13.0. The fourth-order valence-corrected chi connectivity index (χ4v) is 14.2. The fraction of sp³-hybridized carbons (Fsp3) is 0.347. The summed E-state index contributed by atoms with van der Waals surface area (Å²) in [6, 6.07) is 95.9. The van der Waals surface area contributed by atoms with Gasteiger partial charge in [-0.15, -0.1) is 14.4 Å². The Morgan fingerprint density at radius 3 is 1.24 bits per heavy atom. The van der Waals surface area contributed by atoms with E-state index in [1.165, 1.54) is 139 Å². The van der Waals surface area contributed by atoms with Crippen LogP contribution < -0.4 is 28.3 Å². The van der Waals surface area contributed by atoms with Crippen LogP contribution in [0.4, 0.5) is 11.4 Å². The first kappa shape index (κ1) is 121. The van der Waals surface area contributed by atoms with Crippen molar-refractivity contribution in [3.8, 4) is 45.0 Å². The standard InChI is InChI=1S/C19H17N2.C17H13N2.2C17H16N.C12H16N2.C11H13N2.14C2H6/c1-14-8-3-5-11-17(14)21-18-12-6-4-9-15(18)16-10-7-13-20(2)19(16)21;1-12-6-5-9-15-13-7-3-4-8-14(13)16-10-11-18(2)19(16)17(12)15;1-13-7-3-6-10-16(13)17-11-14-8-4-5-9-15(14)12-18(17)2;1-13-7-3-5-9-15(13)17-12-11-14-8-4-6-10-16(14)18(17)2;1-10-6-4-5-7-12(10)14-9-8-13(3)11(14)2;1-10-6-3-4-7-11(10)13-9-5-8-12(13)2;14*1-2/h3-13H,1-2H3;3-9H,1-2H3;2*3-12H,1-2H3;4-9,11H,1-3H3;3-9H,1-2H3;14*1-2H3/q4*+1;;+1;;;;;;;;;;;;;;/t;;;;11-;;;;;;;;;;;;;;;/m....0.............../s1. The molecule has 5 aromatic heterocycles. The van der Waals surface area contributed by atoms with Gasteiger partial charge >= 0.3 is 0 Å². The molecule has 0 bridgehead atoms. The van der Waals surface area contributed by atoms with Crippen molar-refractivity contribution in [2.75, 3.05) is 24.0 Å². The third-order valence-electron chi connectivity index (χ3n) is 19.9. The molecule has 15 aromatic rings. The molecular formula is C121H175N10+5. The zero-order chi connectivity index (χ0) is 99.8. The van der Waals surface area contributed by atoms with Gasteiger partial charge in [-0.1, -0.05) is 374 Å². The van der Waals surface area contributed by atoms with E-state index in [2.05, 4.69) is 429 Å². The largest absolute Gasteiger partial charge is 0.359 e. The number of aryl methyl sites for hydroxylation is 10. The molecular weight excluding hydrogens is 1590 g/mol. The normalized spacial score (nSPS) is 10.8. The number of nitrogens with zero attached hydrogens (tertiary/aromatic N) is 10. The van der Waals surface area contributed by atoms with Crippen LogP contribution in [0.25, 0.3) is 94.3 Å². The topological polar surface area (TPSA) is 38.1 Å². The minimum atomic E-state index is 0.413. The van der Waals surface area contributed by atoms with Gasteiger partial charge in [-0.25, -0.2) is 9.13 Å². The van der Waals surface area contributed by atoms with Gasteiger partial charge < -0.3 is 9.80 Å². The molecule has 10 nitrogen and oxygen atoms in total. The molecule has 3 aliphatic rings. The molecule has 0 N–H and O–H groups in total. The maximum Gasteiger partial charge on any atom is 0.294 e. The van der Waals surface area contributed by atoms with Crippen molar-refractivity contribution in [2.45, 2.75) is 248 Å². The van der Waals surface area contributed by atoms with E-state index in [1.54, 1.807) is 0 Å². The number of hydrogen-bond donors (Lipinski definition) is 0. The second kappa shape index (κ2) is 69.5. The molecule has 0 amide bonds. The third kappa shape index (κ3) is 32.6. The number of pyridine rings is 3. The van der Waals surface area contributed by atoms with Gasteiger partial charge in [0.2, 0.25) is 16.9 Å². The van der Waals surface area contributed by atoms with E-state index in [-0.39, 0.29) is 0 Å². The molecule has 10 heteroatoms. The maximum atomic E-state index is 3.25. The van der Waals surface area contributed by atoms with Crippen molar-refractivity contribution in [1.29, 1.82) is 0 Å². The molecule has 131 heavy (non-hydrogen) atoms. The maximum absolute atomic E-state index is 3.25. The van der Waals surface area contributed by atoms with Gasteiger partial charge in [0.1, 0.15) is 42.8 Å². The van der Waals surface area contributed by atoms with Crippen LogP contribution in [0, 0.1) is 41.5 Å². The lowest BCUT2D eigenvalue weighted by Crippen LogP contribution is -2.36. The highest BCUT2D eigenvalue weighted by atomic mass is 15.6. The molecule has 1 atom stereocenters. The van der Waals surface area contributed by atoms with Crippen LogP contribution in [0.5, 0.6) is 0 Å². The second-order valence-corrected chi connectivity index (χ2v) is 26.8. The van der Waals surface area contributed by atoms with Crippen molar-refractivity contribution < 1.29 is 23.1 Å². The van der Waals surface area contributed by atoms with Gasteiger partial charge in [0.05, 0.1) is 24.8 Å². The summed E-state index contributed by atoms with van der Waals surface area (Å²) < 4.78 is 15.2. The number of fused-ring (bicyclic) bond motifs is 11. The zero-order valence-corrected chi connectivity index (χ0v) is 89.5. The van der Waals surface area contributed by atoms with E-state index < -0.39 is 0 Å². The number of hydrazine groups is 1. The Balaban J connectivity index is 0. The SMILES string of the molecule is CC.CC.CC.CC.CC.CC.CC.CC.CC.CC.CC.CC.CC.CC.Cc1cccc2c1N1C(=C=C=[N+]1C)c1ccccc1-2.Cc1ccccc1-c1cc2ccccc2c[n+]1C.Cc1ccccc1-c1ccc2ccccc2[n+]1C.Cc1ccccc1-n1c2ccccc2c2ccc[n+](C)c21.Cc1ccccc1-n1ccc[n+]1C.Cc1ccccc1N1C=CN(C)[C@@H]1C. The van der Waals surface area contributed by atoms with Gasteiger partial charge in [0, 0.05) is 93.5 Å². The summed E-state index contributed by atoms with van der Waals surface area (Å²) >= 11 is 0. The summed E-state index contributed by atoms with van der Waals surface area (Å²) in [4.78, 5) is 4.49. The van der Waals surface area contributed by atoms with Crippen LogP contribution in [-0.4, -0.2) is 45.0 Å². The van der Waals surface area contributed by atoms with Crippen molar-refractivity contribution in [3.05, 3.63) is 355 Å². The van der Waals surface area contributed by atoms with Crippen LogP contribution in [0.2, 0.25) is 0 Å². The number of para-hydroxylation sites is 6. The molecule has 704 valence electrons. The Labute approximate surface area is 799 Å². The molecule has 0 radical (unpaired) electrons. The summed E-state index contributed by atoms with van der Waals surface area (Å²) in [7, 11) is 12.5. The average Bonchev–Trinajstić information content (AvgIpc) is 1.66. The Bertz CT molecular complexity index is 5730. The Morgan fingerprint density at radius 1 is 0.321 bits per heavy atom. The predicted molar refractivity (Wildman–Crippen MR) is 585 cm³/mol. The van der Waals surface area contributed by atoms with E-state index in [0.717, 1.165) is 5.70 Å². The molecule has 10 aromatic carbocycles. The van der Waals surface area contributed by atoms with Crippen LogP contribution in [-0.2, 0) is 28.2 Å². The molecule has 3 aliphatic heterocycles.